The van der Waals surface area contributed by atoms with Gasteiger partial charge in [0.1, 0.15) is 5.01 Å². The van der Waals surface area contributed by atoms with Gasteiger partial charge in [0.05, 0.1) is 6.54 Å². The summed E-state index contributed by atoms with van der Waals surface area (Å²) < 4.78 is 43.1. The number of methoxy groups -OCH3 is 1. The summed E-state index contributed by atoms with van der Waals surface area (Å²) in [6, 6.07) is 0. The van der Waals surface area contributed by atoms with Gasteiger partial charge in [0.15, 0.2) is 11.7 Å². The molecular formula is C17H28F3IN4OS. The first-order valence-electron chi connectivity index (χ1n) is 8.91. The topological polar surface area (TPSA) is 58.5 Å². The Balaban J connectivity index is 0.00000364. The Morgan fingerprint density at radius 3 is 2.59 bits per heavy atom. The highest BCUT2D eigenvalue weighted by Crippen LogP contribution is 2.40. The highest BCUT2D eigenvalue weighted by atomic mass is 127. The SMILES string of the molecule is CCNC(=NCc1nc(C(F)(F)F)cs1)NCC1(CCOC)CCCC1.I. The number of hydrogen-bond donors (Lipinski definition) is 2. The van der Waals surface area contributed by atoms with Gasteiger partial charge in [-0.2, -0.15) is 13.2 Å². The molecule has 2 rings (SSSR count). The molecule has 2 N–H and O–H groups in total. The van der Waals surface area contributed by atoms with Crippen LogP contribution in [0.3, 0.4) is 0 Å². The molecule has 1 heterocycles. The Morgan fingerprint density at radius 2 is 2.04 bits per heavy atom. The highest BCUT2D eigenvalue weighted by Gasteiger charge is 2.34. The van der Waals surface area contributed by atoms with Gasteiger partial charge in [-0.3, -0.25) is 0 Å². The summed E-state index contributed by atoms with van der Waals surface area (Å²) in [4.78, 5) is 8.01. The second-order valence-corrected chi connectivity index (χ2v) is 7.57. The Bertz CT molecular complexity index is 589. The predicted molar refractivity (Wildman–Crippen MR) is 113 cm³/mol. The molecule has 0 aromatic carbocycles. The smallest absolute Gasteiger partial charge is 0.385 e. The monoisotopic (exact) mass is 520 g/mol. The number of rotatable bonds is 8. The summed E-state index contributed by atoms with van der Waals surface area (Å²) >= 11 is 0.980. The number of halogens is 4. The van der Waals surface area contributed by atoms with Crippen molar-refractivity contribution in [2.75, 3.05) is 26.8 Å². The maximum atomic E-state index is 12.6. The molecule has 1 fully saturated rings. The van der Waals surface area contributed by atoms with Crippen molar-refractivity contribution in [1.82, 2.24) is 15.6 Å². The number of guanidine groups is 1. The van der Waals surface area contributed by atoms with Gasteiger partial charge in [-0.25, -0.2) is 9.98 Å². The highest BCUT2D eigenvalue weighted by molar-refractivity contribution is 14.0. The summed E-state index contributed by atoms with van der Waals surface area (Å²) in [7, 11) is 1.71. The van der Waals surface area contributed by atoms with Gasteiger partial charge < -0.3 is 15.4 Å². The quantitative estimate of drug-likeness (QED) is 0.303. The van der Waals surface area contributed by atoms with E-state index in [-0.39, 0.29) is 35.9 Å². The van der Waals surface area contributed by atoms with Crippen LogP contribution in [-0.4, -0.2) is 37.7 Å². The number of aliphatic imine (C=N–C) groups is 1. The van der Waals surface area contributed by atoms with Gasteiger partial charge in [-0.1, -0.05) is 12.8 Å². The van der Waals surface area contributed by atoms with Crippen molar-refractivity contribution >= 4 is 41.3 Å². The van der Waals surface area contributed by atoms with Crippen LogP contribution in [0.5, 0.6) is 0 Å². The third kappa shape index (κ3) is 7.72. The van der Waals surface area contributed by atoms with Gasteiger partial charge in [0.2, 0.25) is 0 Å². The minimum atomic E-state index is -4.41. The van der Waals surface area contributed by atoms with E-state index in [0.717, 1.165) is 49.1 Å². The summed E-state index contributed by atoms with van der Waals surface area (Å²) in [5, 5.41) is 7.89. The maximum Gasteiger partial charge on any atom is 0.434 e. The Labute approximate surface area is 179 Å². The lowest BCUT2D eigenvalue weighted by molar-refractivity contribution is -0.140. The Morgan fingerprint density at radius 1 is 1.33 bits per heavy atom. The van der Waals surface area contributed by atoms with E-state index >= 15 is 0 Å². The van der Waals surface area contributed by atoms with E-state index in [0.29, 0.717) is 17.5 Å². The molecule has 1 aromatic rings. The molecule has 156 valence electrons. The van der Waals surface area contributed by atoms with Gasteiger partial charge in [-0.05, 0) is 31.6 Å². The molecule has 0 amide bonds. The Hall–Kier alpha value is -0.620. The van der Waals surface area contributed by atoms with Gasteiger partial charge in [0.25, 0.3) is 0 Å². The first-order valence-corrected chi connectivity index (χ1v) is 9.79. The van der Waals surface area contributed by atoms with E-state index in [1.807, 2.05) is 6.92 Å². The zero-order valence-electron chi connectivity index (χ0n) is 15.7. The molecule has 0 unspecified atom stereocenters. The van der Waals surface area contributed by atoms with Crippen LogP contribution in [0.25, 0.3) is 0 Å². The van der Waals surface area contributed by atoms with E-state index < -0.39 is 11.9 Å². The van der Waals surface area contributed by atoms with Crippen LogP contribution in [0, 0.1) is 5.41 Å². The van der Waals surface area contributed by atoms with Crippen LogP contribution in [-0.2, 0) is 17.5 Å². The third-order valence-electron chi connectivity index (χ3n) is 4.69. The lowest BCUT2D eigenvalue weighted by Gasteiger charge is -2.29. The normalized spacial score (nSPS) is 16.9. The Kier molecular flexibility index (Phi) is 10.3. The lowest BCUT2D eigenvalue weighted by atomic mass is 9.83. The number of alkyl halides is 3. The number of aromatic nitrogens is 1. The van der Waals surface area contributed by atoms with Crippen LogP contribution in [0.4, 0.5) is 13.2 Å². The first kappa shape index (κ1) is 24.4. The van der Waals surface area contributed by atoms with Crippen LogP contribution < -0.4 is 10.6 Å². The molecule has 0 spiro atoms. The minimum Gasteiger partial charge on any atom is -0.385 e. The van der Waals surface area contributed by atoms with Crippen molar-refractivity contribution in [1.29, 1.82) is 0 Å². The number of thiazole rings is 1. The van der Waals surface area contributed by atoms with Gasteiger partial charge in [-0.15, -0.1) is 35.3 Å². The van der Waals surface area contributed by atoms with Crippen LogP contribution in [0.2, 0.25) is 0 Å². The van der Waals surface area contributed by atoms with Gasteiger partial charge >= 0.3 is 6.18 Å². The molecule has 1 aliphatic carbocycles. The molecule has 27 heavy (non-hydrogen) atoms. The molecule has 1 saturated carbocycles. The fraction of sp³-hybridized carbons (Fsp3) is 0.765. The van der Waals surface area contributed by atoms with E-state index in [1.54, 1.807) is 7.11 Å². The summed E-state index contributed by atoms with van der Waals surface area (Å²) in [5.74, 6) is 0.611. The average Bonchev–Trinajstić information content (AvgIpc) is 3.25. The van der Waals surface area contributed by atoms with Gasteiger partial charge in [0, 0.05) is 32.2 Å². The fourth-order valence-electron chi connectivity index (χ4n) is 3.23. The van der Waals surface area contributed by atoms with Crippen molar-refractivity contribution in [3.05, 3.63) is 16.1 Å². The zero-order chi connectivity index (χ0) is 19.0. The summed E-state index contributed by atoms with van der Waals surface area (Å²) in [6.07, 6.45) is 1.35. The number of nitrogens with one attached hydrogen (secondary N) is 2. The van der Waals surface area contributed by atoms with E-state index in [2.05, 4.69) is 20.6 Å². The molecular weight excluding hydrogens is 492 g/mol. The van der Waals surface area contributed by atoms with Crippen molar-refractivity contribution in [3.63, 3.8) is 0 Å². The second-order valence-electron chi connectivity index (χ2n) is 6.62. The number of ether oxygens (including phenoxy) is 1. The maximum absolute atomic E-state index is 12.6. The lowest BCUT2D eigenvalue weighted by Crippen LogP contribution is -2.43. The van der Waals surface area contributed by atoms with Crippen molar-refractivity contribution in [2.24, 2.45) is 10.4 Å². The molecule has 0 saturated heterocycles. The zero-order valence-corrected chi connectivity index (χ0v) is 18.8. The van der Waals surface area contributed by atoms with E-state index in [1.165, 1.54) is 12.8 Å². The predicted octanol–water partition coefficient (Wildman–Crippen LogP) is 4.43. The second kappa shape index (κ2) is 11.4. The van der Waals surface area contributed by atoms with Crippen molar-refractivity contribution in [2.45, 2.75) is 51.7 Å². The molecule has 0 aliphatic heterocycles. The average molecular weight is 520 g/mol. The fourth-order valence-corrected chi connectivity index (χ4v) is 3.96. The van der Waals surface area contributed by atoms with Crippen LogP contribution in [0.1, 0.15) is 49.7 Å². The third-order valence-corrected chi connectivity index (χ3v) is 5.52. The first-order chi connectivity index (χ1) is 12.4. The van der Waals surface area contributed by atoms with Crippen molar-refractivity contribution < 1.29 is 17.9 Å². The molecule has 0 radical (unpaired) electrons. The number of hydrogen-bond acceptors (Lipinski definition) is 4. The number of nitrogens with zero attached hydrogens (tertiary/aromatic N) is 2. The molecule has 5 nitrogen and oxygen atoms in total. The molecule has 1 aromatic heterocycles. The summed E-state index contributed by atoms with van der Waals surface area (Å²) in [5.41, 5.74) is -0.647. The molecule has 1 aliphatic rings. The molecule has 0 bridgehead atoms. The largest absolute Gasteiger partial charge is 0.434 e. The summed E-state index contributed by atoms with van der Waals surface area (Å²) in [6.45, 7) is 4.28. The van der Waals surface area contributed by atoms with Crippen LogP contribution >= 0.6 is 35.3 Å². The van der Waals surface area contributed by atoms with Crippen molar-refractivity contribution in [3.8, 4) is 0 Å². The van der Waals surface area contributed by atoms with E-state index in [4.69, 9.17) is 4.74 Å². The molecule has 10 heteroatoms. The minimum absolute atomic E-state index is 0. The molecule has 0 atom stereocenters. The van der Waals surface area contributed by atoms with Crippen LogP contribution in [0.15, 0.2) is 10.4 Å². The standard InChI is InChI=1S/C17H27F3N4OS.HI/c1-3-21-15(22-10-14-24-13(11-26-14)17(18,19)20)23-12-16(8-9-25-2)6-4-5-7-16;/h11H,3-10,12H2,1-2H3,(H2,21,22,23);1H. The van der Waals surface area contributed by atoms with E-state index in [9.17, 15) is 13.2 Å².